The van der Waals surface area contributed by atoms with Crippen molar-refractivity contribution in [2.45, 2.75) is 19.0 Å². The fourth-order valence-electron chi connectivity index (χ4n) is 1.69. The van der Waals surface area contributed by atoms with Crippen molar-refractivity contribution in [2.75, 3.05) is 11.6 Å². The smallest absolute Gasteiger partial charge is 0.259 e. The van der Waals surface area contributed by atoms with Crippen molar-refractivity contribution in [1.82, 2.24) is 9.97 Å². The molecule has 104 valence electrons. The zero-order valence-electron chi connectivity index (χ0n) is 11.4. The third-order valence-corrected chi connectivity index (χ3v) is 3.63. The number of carbonyl (C=O) groups is 1. The van der Waals surface area contributed by atoms with E-state index >= 15 is 0 Å². The highest BCUT2D eigenvalue weighted by atomic mass is 35.5. The Morgan fingerprint density at radius 2 is 2.10 bits per heavy atom. The van der Waals surface area contributed by atoms with E-state index in [0.29, 0.717) is 27.1 Å². The Morgan fingerprint density at radius 1 is 1.35 bits per heavy atom. The fourth-order valence-corrected chi connectivity index (χ4v) is 2.24. The number of aromatic nitrogens is 2. The molecule has 1 amide bonds. The van der Waals surface area contributed by atoms with Gasteiger partial charge < -0.3 is 5.32 Å². The van der Waals surface area contributed by atoms with Crippen LogP contribution in [0.25, 0.3) is 0 Å². The number of halogens is 1. The van der Waals surface area contributed by atoms with E-state index in [4.69, 9.17) is 11.6 Å². The molecular formula is C14H14ClN3OS. The van der Waals surface area contributed by atoms with Gasteiger partial charge in [-0.15, -0.1) is 0 Å². The summed E-state index contributed by atoms with van der Waals surface area (Å²) in [5, 5.41) is 4.07. The van der Waals surface area contributed by atoms with Gasteiger partial charge >= 0.3 is 0 Å². The first-order chi connectivity index (χ1) is 9.51. The van der Waals surface area contributed by atoms with Crippen LogP contribution in [0, 0.1) is 13.8 Å². The van der Waals surface area contributed by atoms with Crippen LogP contribution in [0.4, 0.5) is 5.69 Å². The Bertz CT molecular complexity index is 661. The Labute approximate surface area is 127 Å². The van der Waals surface area contributed by atoms with Crippen LogP contribution in [-0.2, 0) is 0 Å². The molecule has 1 N–H and O–H groups in total. The molecule has 0 radical (unpaired) electrons. The first-order valence-corrected chi connectivity index (χ1v) is 7.56. The maximum absolute atomic E-state index is 12.3. The molecule has 2 aromatic rings. The number of hydrogen-bond donors (Lipinski definition) is 1. The van der Waals surface area contributed by atoms with Crippen molar-refractivity contribution in [3.05, 3.63) is 46.2 Å². The molecule has 1 heterocycles. The number of benzene rings is 1. The monoisotopic (exact) mass is 307 g/mol. The standard InChI is InChI=1S/C14H14ClN3OS/c1-8-4-5-10(15)6-12(8)18-13(19)11-7-16-14(20-3)17-9(11)2/h4-7H,1-3H3,(H,18,19). The summed E-state index contributed by atoms with van der Waals surface area (Å²) in [7, 11) is 0. The van der Waals surface area contributed by atoms with Crippen LogP contribution in [0.15, 0.2) is 29.6 Å². The summed E-state index contributed by atoms with van der Waals surface area (Å²) >= 11 is 7.38. The minimum Gasteiger partial charge on any atom is -0.322 e. The average molecular weight is 308 g/mol. The second-order valence-corrected chi connectivity index (χ2v) is 5.48. The van der Waals surface area contributed by atoms with E-state index in [1.165, 1.54) is 11.8 Å². The number of rotatable bonds is 3. The number of hydrogen-bond acceptors (Lipinski definition) is 4. The van der Waals surface area contributed by atoms with Crippen LogP contribution in [0.2, 0.25) is 5.02 Å². The minimum atomic E-state index is -0.236. The molecule has 6 heteroatoms. The van der Waals surface area contributed by atoms with Crippen molar-refractivity contribution in [1.29, 1.82) is 0 Å². The van der Waals surface area contributed by atoms with Gasteiger partial charge in [-0.25, -0.2) is 9.97 Å². The summed E-state index contributed by atoms with van der Waals surface area (Å²) in [6.07, 6.45) is 3.44. The van der Waals surface area contributed by atoms with Crippen molar-refractivity contribution in [3.8, 4) is 0 Å². The lowest BCUT2D eigenvalue weighted by atomic mass is 10.2. The molecule has 0 unspecified atom stereocenters. The van der Waals surface area contributed by atoms with Crippen molar-refractivity contribution in [2.24, 2.45) is 0 Å². The quantitative estimate of drug-likeness (QED) is 0.693. The molecule has 0 bridgehead atoms. The molecule has 4 nitrogen and oxygen atoms in total. The van der Waals surface area contributed by atoms with Gasteiger partial charge in [0.15, 0.2) is 5.16 Å². The summed E-state index contributed by atoms with van der Waals surface area (Å²) in [6.45, 7) is 3.70. The molecule has 0 saturated carbocycles. The van der Waals surface area contributed by atoms with Gasteiger partial charge in [0.25, 0.3) is 5.91 Å². The Kier molecular flexibility index (Phi) is 4.62. The maximum atomic E-state index is 12.3. The first kappa shape index (κ1) is 14.8. The molecule has 0 fully saturated rings. The summed E-state index contributed by atoms with van der Waals surface area (Å²) in [5.74, 6) is -0.236. The number of amides is 1. The third-order valence-electron chi connectivity index (χ3n) is 2.83. The van der Waals surface area contributed by atoms with Crippen LogP contribution in [0.1, 0.15) is 21.6 Å². The minimum absolute atomic E-state index is 0.236. The normalized spacial score (nSPS) is 10.4. The second-order valence-electron chi connectivity index (χ2n) is 4.27. The number of thioether (sulfide) groups is 1. The molecule has 1 aromatic carbocycles. The molecule has 0 saturated heterocycles. The molecule has 20 heavy (non-hydrogen) atoms. The largest absolute Gasteiger partial charge is 0.322 e. The first-order valence-electron chi connectivity index (χ1n) is 5.96. The van der Waals surface area contributed by atoms with Crippen molar-refractivity contribution >= 4 is 35.0 Å². The van der Waals surface area contributed by atoms with E-state index in [0.717, 1.165) is 5.56 Å². The van der Waals surface area contributed by atoms with Gasteiger partial charge in [-0.2, -0.15) is 0 Å². The van der Waals surface area contributed by atoms with Gasteiger partial charge in [-0.1, -0.05) is 29.4 Å². The third kappa shape index (κ3) is 3.29. The van der Waals surface area contributed by atoms with Crippen LogP contribution in [-0.4, -0.2) is 22.1 Å². The lowest BCUT2D eigenvalue weighted by Crippen LogP contribution is -2.15. The van der Waals surface area contributed by atoms with Gasteiger partial charge in [0.1, 0.15) is 0 Å². The van der Waals surface area contributed by atoms with Crippen molar-refractivity contribution < 1.29 is 4.79 Å². The van der Waals surface area contributed by atoms with E-state index < -0.39 is 0 Å². The Morgan fingerprint density at radius 3 is 2.75 bits per heavy atom. The van der Waals surface area contributed by atoms with E-state index in [9.17, 15) is 4.79 Å². The van der Waals surface area contributed by atoms with Gasteiger partial charge in [-0.05, 0) is 37.8 Å². The molecular weight excluding hydrogens is 294 g/mol. The molecule has 0 atom stereocenters. The second kappa shape index (κ2) is 6.24. The zero-order valence-corrected chi connectivity index (χ0v) is 13.0. The Hall–Kier alpha value is -1.59. The molecule has 0 aliphatic rings. The summed E-state index contributed by atoms with van der Waals surface area (Å²) < 4.78 is 0. The van der Waals surface area contributed by atoms with Crippen molar-refractivity contribution in [3.63, 3.8) is 0 Å². The molecule has 0 aliphatic heterocycles. The SMILES string of the molecule is CSc1ncc(C(=O)Nc2cc(Cl)ccc2C)c(C)n1. The summed E-state index contributed by atoms with van der Waals surface area (Å²) in [4.78, 5) is 20.6. The predicted octanol–water partition coefficient (Wildman–Crippen LogP) is 3.72. The van der Waals surface area contributed by atoms with Gasteiger partial charge in [0.2, 0.25) is 0 Å². The number of nitrogens with one attached hydrogen (secondary N) is 1. The van der Waals surface area contributed by atoms with Gasteiger partial charge in [0.05, 0.1) is 11.3 Å². The lowest BCUT2D eigenvalue weighted by molar-refractivity contribution is 0.102. The van der Waals surface area contributed by atoms with E-state index in [2.05, 4.69) is 15.3 Å². The van der Waals surface area contributed by atoms with Crippen LogP contribution in [0.3, 0.4) is 0 Å². The maximum Gasteiger partial charge on any atom is 0.259 e. The summed E-state index contributed by atoms with van der Waals surface area (Å²) in [5.41, 5.74) is 2.75. The highest BCUT2D eigenvalue weighted by molar-refractivity contribution is 7.98. The zero-order chi connectivity index (χ0) is 14.7. The topological polar surface area (TPSA) is 54.9 Å². The molecule has 2 rings (SSSR count). The van der Waals surface area contributed by atoms with Crippen LogP contribution < -0.4 is 5.32 Å². The number of carbonyl (C=O) groups excluding carboxylic acids is 1. The highest BCUT2D eigenvalue weighted by Gasteiger charge is 2.13. The lowest BCUT2D eigenvalue weighted by Gasteiger charge is -2.10. The average Bonchev–Trinajstić information content (AvgIpc) is 2.42. The molecule has 0 aliphatic carbocycles. The van der Waals surface area contributed by atoms with Gasteiger partial charge in [0, 0.05) is 16.9 Å². The Balaban J connectivity index is 2.26. The highest BCUT2D eigenvalue weighted by Crippen LogP contribution is 2.21. The predicted molar refractivity (Wildman–Crippen MR) is 82.7 cm³/mol. The summed E-state index contributed by atoms with van der Waals surface area (Å²) in [6, 6.07) is 5.37. The van der Waals surface area contributed by atoms with E-state index in [1.54, 1.807) is 25.3 Å². The number of aryl methyl sites for hydroxylation is 2. The van der Waals surface area contributed by atoms with E-state index in [1.807, 2.05) is 19.2 Å². The molecule has 0 spiro atoms. The fraction of sp³-hybridized carbons (Fsp3) is 0.214. The van der Waals surface area contributed by atoms with Gasteiger partial charge in [-0.3, -0.25) is 4.79 Å². The van der Waals surface area contributed by atoms with E-state index in [-0.39, 0.29) is 5.91 Å². The number of anilines is 1. The van der Waals surface area contributed by atoms with Crippen LogP contribution >= 0.6 is 23.4 Å². The number of nitrogens with zero attached hydrogens (tertiary/aromatic N) is 2. The molecule has 1 aromatic heterocycles. The van der Waals surface area contributed by atoms with Crippen LogP contribution in [0.5, 0.6) is 0 Å².